The van der Waals surface area contributed by atoms with Gasteiger partial charge in [0.1, 0.15) is 6.61 Å². The number of carbonyl (C=O) groups excluding carboxylic acids is 1. The SMILES string of the molecule is C=CCOC(=O)N1CCC(O)(CC(=O)O)C1. The van der Waals surface area contributed by atoms with Crippen molar-refractivity contribution in [1.82, 2.24) is 4.90 Å². The Kier molecular flexibility index (Phi) is 3.89. The topological polar surface area (TPSA) is 87.1 Å². The van der Waals surface area contributed by atoms with Gasteiger partial charge in [-0.3, -0.25) is 4.79 Å². The van der Waals surface area contributed by atoms with E-state index in [4.69, 9.17) is 9.84 Å². The summed E-state index contributed by atoms with van der Waals surface area (Å²) in [6.07, 6.45) is 0.777. The first-order valence-electron chi connectivity index (χ1n) is 4.94. The molecule has 1 saturated heterocycles. The summed E-state index contributed by atoms with van der Waals surface area (Å²) in [4.78, 5) is 23.2. The molecule has 1 aliphatic heterocycles. The predicted molar refractivity (Wildman–Crippen MR) is 54.9 cm³/mol. The van der Waals surface area contributed by atoms with E-state index in [2.05, 4.69) is 6.58 Å². The Bertz CT molecular complexity index is 304. The van der Waals surface area contributed by atoms with Crippen molar-refractivity contribution in [1.29, 1.82) is 0 Å². The van der Waals surface area contributed by atoms with Crippen LogP contribution in [0.15, 0.2) is 12.7 Å². The van der Waals surface area contributed by atoms with E-state index >= 15 is 0 Å². The van der Waals surface area contributed by atoms with Crippen LogP contribution in [0.2, 0.25) is 0 Å². The Morgan fingerprint density at radius 1 is 1.56 bits per heavy atom. The van der Waals surface area contributed by atoms with E-state index in [9.17, 15) is 14.7 Å². The van der Waals surface area contributed by atoms with Crippen molar-refractivity contribution in [2.45, 2.75) is 18.4 Å². The fourth-order valence-corrected chi connectivity index (χ4v) is 1.66. The van der Waals surface area contributed by atoms with Crippen LogP contribution in [-0.4, -0.2) is 52.5 Å². The third-order valence-corrected chi connectivity index (χ3v) is 2.40. The fourth-order valence-electron chi connectivity index (χ4n) is 1.66. The molecule has 1 unspecified atom stereocenters. The third kappa shape index (κ3) is 3.23. The molecule has 0 aliphatic carbocycles. The molecule has 0 saturated carbocycles. The van der Waals surface area contributed by atoms with E-state index < -0.39 is 17.7 Å². The van der Waals surface area contributed by atoms with Gasteiger partial charge in [-0.05, 0) is 6.42 Å². The zero-order chi connectivity index (χ0) is 12.2. The van der Waals surface area contributed by atoms with Crippen LogP contribution >= 0.6 is 0 Å². The Morgan fingerprint density at radius 2 is 2.25 bits per heavy atom. The van der Waals surface area contributed by atoms with Crippen molar-refractivity contribution in [2.75, 3.05) is 19.7 Å². The number of nitrogens with zero attached hydrogens (tertiary/aromatic N) is 1. The molecular formula is C10H15NO5. The summed E-state index contributed by atoms with van der Waals surface area (Å²) in [6, 6.07) is 0. The molecule has 0 aromatic rings. The van der Waals surface area contributed by atoms with E-state index in [-0.39, 0.29) is 26.0 Å². The van der Waals surface area contributed by atoms with Crippen molar-refractivity contribution in [3.8, 4) is 0 Å². The van der Waals surface area contributed by atoms with E-state index in [0.29, 0.717) is 6.54 Å². The number of hydrogen-bond acceptors (Lipinski definition) is 4. The minimum atomic E-state index is -1.33. The quantitative estimate of drug-likeness (QED) is 0.673. The lowest BCUT2D eigenvalue weighted by Gasteiger charge is -2.20. The summed E-state index contributed by atoms with van der Waals surface area (Å²) in [7, 11) is 0. The van der Waals surface area contributed by atoms with Crippen LogP contribution in [0, 0.1) is 0 Å². The molecule has 2 N–H and O–H groups in total. The number of carboxylic acids is 1. The highest BCUT2D eigenvalue weighted by Crippen LogP contribution is 2.25. The van der Waals surface area contributed by atoms with Crippen LogP contribution < -0.4 is 0 Å². The minimum absolute atomic E-state index is 0.00469. The van der Waals surface area contributed by atoms with Gasteiger partial charge in [0.2, 0.25) is 0 Å². The molecule has 1 heterocycles. The molecule has 0 aromatic carbocycles. The third-order valence-electron chi connectivity index (χ3n) is 2.40. The van der Waals surface area contributed by atoms with Gasteiger partial charge in [0.05, 0.1) is 18.6 Å². The zero-order valence-corrected chi connectivity index (χ0v) is 8.89. The number of aliphatic carboxylic acids is 1. The summed E-state index contributed by atoms with van der Waals surface area (Å²) >= 11 is 0. The van der Waals surface area contributed by atoms with Crippen LogP contribution in [0.1, 0.15) is 12.8 Å². The fraction of sp³-hybridized carbons (Fsp3) is 0.600. The second-order valence-electron chi connectivity index (χ2n) is 3.83. The molecule has 1 rings (SSSR count). The number of amides is 1. The maximum absolute atomic E-state index is 11.4. The zero-order valence-electron chi connectivity index (χ0n) is 8.89. The number of hydrogen-bond donors (Lipinski definition) is 2. The molecule has 16 heavy (non-hydrogen) atoms. The van der Waals surface area contributed by atoms with Crippen LogP contribution in [0.5, 0.6) is 0 Å². The standard InChI is InChI=1S/C10H15NO5/c1-2-5-16-9(14)11-4-3-10(15,7-11)6-8(12)13/h2,15H,1,3-7H2,(H,12,13). The molecule has 0 bridgehead atoms. The largest absolute Gasteiger partial charge is 0.481 e. The molecule has 1 fully saturated rings. The summed E-state index contributed by atoms with van der Waals surface area (Å²) in [5.74, 6) is -1.08. The first-order chi connectivity index (χ1) is 7.47. The number of β-amino-alcohol motifs (C(OH)–C–C–N with tert-alkyl or cyclic N) is 1. The normalized spacial score (nSPS) is 24.2. The molecule has 1 atom stereocenters. The Morgan fingerprint density at radius 3 is 2.81 bits per heavy atom. The summed E-state index contributed by atoms with van der Waals surface area (Å²) in [5.41, 5.74) is -1.33. The first kappa shape index (κ1) is 12.5. The maximum Gasteiger partial charge on any atom is 0.410 e. The van der Waals surface area contributed by atoms with Crippen molar-refractivity contribution in [3.63, 3.8) is 0 Å². The van der Waals surface area contributed by atoms with Crippen LogP contribution in [-0.2, 0) is 9.53 Å². The number of aliphatic hydroxyl groups is 1. The van der Waals surface area contributed by atoms with E-state index in [0.717, 1.165) is 0 Å². The van der Waals surface area contributed by atoms with Crippen LogP contribution in [0.4, 0.5) is 4.79 Å². The smallest absolute Gasteiger partial charge is 0.410 e. The van der Waals surface area contributed by atoms with Gasteiger partial charge in [-0.25, -0.2) is 4.79 Å². The van der Waals surface area contributed by atoms with Crippen molar-refractivity contribution >= 4 is 12.1 Å². The Hall–Kier alpha value is -1.56. The summed E-state index contributed by atoms with van der Waals surface area (Å²) in [5, 5.41) is 18.5. The number of carbonyl (C=O) groups is 2. The van der Waals surface area contributed by atoms with Gasteiger partial charge in [-0.1, -0.05) is 12.7 Å². The van der Waals surface area contributed by atoms with Crippen molar-refractivity contribution in [2.24, 2.45) is 0 Å². The van der Waals surface area contributed by atoms with Gasteiger partial charge >= 0.3 is 12.1 Å². The van der Waals surface area contributed by atoms with E-state index in [1.807, 2.05) is 0 Å². The van der Waals surface area contributed by atoms with Crippen LogP contribution in [0.25, 0.3) is 0 Å². The monoisotopic (exact) mass is 229 g/mol. The minimum Gasteiger partial charge on any atom is -0.481 e. The number of rotatable bonds is 4. The van der Waals surface area contributed by atoms with Crippen molar-refractivity contribution in [3.05, 3.63) is 12.7 Å². The highest BCUT2D eigenvalue weighted by molar-refractivity contribution is 5.70. The Balaban J connectivity index is 2.47. The molecule has 0 radical (unpaired) electrons. The molecule has 90 valence electrons. The average Bonchev–Trinajstić information content (AvgIpc) is 2.55. The van der Waals surface area contributed by atoms with Crippen molar-refractivity contribution < 1.29 is 24.5 Å². The first-order valence-corrected chi connectivity index (χ1v) is 4.94. The molecular weight excluding hydrogens is 214 g/mol. The second-order valence-corrected chi connectivity index (χ2v) is 3.83. The summed E-state index contributed by atoms with van der Waals surface area (Å²) < 4.78 is 4.78. The number of likely N-dealkylation sites (tertiary alicyclic amines) is 1. The average molecular weight is 229 g/mol. The highest BCUT2D eigenvalue weighted by Gasteiger charge is 2.40. The number of carboxylic acid groups (broad SMARTS) is 1. The van der Waals surface area contributed by atoms with Crippen LogP contribution in [0.3, 0.4) is 0 Å². The second kappa shape index (κ2) is 4.98. The predicted octanol–water partition coefficient (Wildman–Crippen LogP) is 0.221. The van der Waals surface area contributed by atoms with E-state index in [1.165, 1.54) is 11.0 Å². The Labute approximate surface area is 93.1 Å². The van der Waals surface area contributed by atoms with E-state index in [1.54, 1.807) is 0 Å². The lowest BCUT2D eigenvalue weighted by molar-refractivity contribution is -0.142. The molecule has 0 spiro atoms. The van der Waals surface area contributed by atoms with Gasteiger partial charge in [0, 0.05) is 6.54 Å². The van der Waals surface area contributed by atoms with Gasteiger partial charge in [0.15, 0.2) is 0 Å². The molecule has 1 aliphatic rings. The number of ether oxygens (including phenoxy) is 1. The van der Waals surface area contributed by atoms with Gasteiger partial charge in [-0.2, -0.15) is 0 Å². The molecule has 6 nitrogen and oxygen atoms in total. The molecule has 1 amide bonds. The summed E-state index contributed by atoms with van der Waals surface area (Å²) in [6.45, 7) is 3.81. The van der Waals surface area contributed by atoms with Gasteiger partial charge in [-0.15, -0.1) is 0 Å². The maximum atomic E-state index is 11.4. The molecule has 6 heteroatoms. The molecule has 0 aromatic heterocycles. The lowest BCUT2D eigenvalue weighted by atomic mass is 9.99. The lowest BCUT2D eigenvalue weighted by Crippen LogP contribution is -2.38. The van der Waals surface area contributed by atoms with Gasteiger partial charge < -0.3 is 19.8 Å². The highest BCUT2D eigenvalue weighted by atomic mass is 16.6. The van der Waals surface area contributed by atoms with Gasteiger partial charge in [0.25, 0.3) is 0 Å².